The van der Waals surface area contributed by atoms with Crippen LogP contribution in [0.2, 0.25) is 5.02 Å². The maximum absolute atomic E-state index is 13.8. The largest absolute Gasteiger partial charge is 0.489 e. The molecular weight excluding hydrogens is 438 g/mol. The van der Waals surface area contributed by atoms with Crippen LogP contribution in [0.5, 0.6) is 5.75 Å². The third kappa shape index (κ3) is 3.58. The summed E-state index contributed by atoms with van der Waals surface area (Å²) in [5.74, 6) is 0.602. The highest BCUT2D eigenvalue weighted by atomic mass is 35.5. The fraction of sp³-hybridized carbons (Fsp3) is 0.480. The van der Waals surface area contributed by atoms with Crippen LogP contribution in [0.1, 0.15) is 59.7 Å². The lowest BCUT2D eigenvalue weighted by atomic mass is 10.00. The third-order valence-electron chi connectivity index (χ3n) is 7.08. The van der Waals surface area contributed by atoms with Gasteiger partial charge in [-0.2, -0.15) is 5.10 Å². The van der Waals surface area contributed by atoms with Crippen LogP contribution in [-0.4, -0.2) is 56.5 Å². The van der Waals surface area contributed by atoms with Crippen LogP contribution in [0, 0.1) is 13.8 Å². The normalized spacial score (nSPS) is 18.7. The number of para-hydroxylation sites is 1. The summed E-state index contributed by atoms with van der Waals surface area (Å²) >= 11 is 6.41. The molecule has 8 heteroatoms. The minimum atomic E-state index is -0.590. The smallest absolute Gasteiger partial charge is 0.258 e. The summed E-state index contributed by atoms with van der Waals surface area (Å²) < 4.78 is 8.14. The molecule has 33 heavy (non-hydrogen) atoms. The number of aryl methyl sites for hydroxylation is 2. The lowest BCUT2D eigenvalue weighted by Gasteiger charge is -2.33. The maximum Gasteiger partial charge on any atom is 0.258 e. The molecule has 174 valence electrons. The van der Waals surface area contributed by atoms with Crippen molar-refractivity contribution in [2.24, 2.45) is 0 Å². The number of hydrogen-bond acceptors (Lipinski definition) is 5. The Labute approximate surface area is 199 Å². The number of piperidine rings is 1. The number of benzene rings is 1. The number of fused-ring (bicyclic) bond motifs is 3. The molecule has 7 nitrogen and oxygen atoms in total. The Balaban J connectivity index is 1.47. The van der Waals surface area contributed by atoms with Gasteiger partial charge in [-0.3, -0.25) is 4.79 Å². The van der Waals surface area contributed by atoms with Crippen LogP contribution in [0.15, 0.2) is 24.3 Å². The van der Waals surface area contributed by atoms with Crippen molar-refractivity contribution >= 4 is 23.2 Å². The van der Waals surface area contributed by atoms with Crippen molar-refractivity contribution in [2.45, 2.75) is 58.7 Å². The highest BCUT2D eigenvalue weighted by Gasteiger charge is 2.45. The maximum atomic E-state index is 13.8. The van der Waals surface area contributed by atoms with Crippen molar-refractivity contribution in [3.63, 3.8) is 0 Å². The first-order valence-corrected chi connectivity index (χ1v) is 11.9. The van der Waals surface area contributed by atoms with Gasteiger partial charge in [-0.25, -0.2) is 9.50 Å². The molecule has 1 saturated heterocycles. The summed E-state index contributed by atoms with van der Waals surface area (Å²) in [4.78, 5) is 22.7. The summed E-state index contributed by atoms with van der Waals surface area (Å²) in [7, 11) is 2.13. The van der Waals surface area contributed by atoms with E-state index in [9.17, 15) is 4.79 Å². The van der Waals surface area contributed by atoms with Crippen molar-refractivity contribution in [3.8, 4) is 5.75 Å². The Kier molecular flexibility index (Phi) is 5.37. The molecule has 3 aromatic rings. The third-order valence-corrected chi connectivity index (χ3v) is 7.62. The molecule has 1 aromatic carbocycles. The van der Waals surface area contributed by atoms with Gasteiger partial charge in [0.05, 0.1) is 39.8 Å². The second kappa shape index (κ2) is 7.99. The van der Waals surface area contributed by atoms with E-state index in [1.807, 2.05) is 56.9 Å². The zero-order chi connectivity index (χ0) is 23.5. The number of hydrogen-bond donors (Lipinski definition) is 0. The monoisotopic (exact) mass is 467 g/mol. The Morgan fingerprint density at radius 1 is 1.18 bits per heavy atom. The zero-order valence-electron chi connectivity index (χ0n) is 19.9. The van der Waals surface area contributed by atoms with Crippen LogP contribution < -0.4 is 4.74 Å². The number of nitrogens with zero attached hydrogens (tertiary/aromatic N) is 5. The summed E-state index contributed by atoms with van der Waals surface area (Å²) in [5, 5.41) is 5.46. The van der Waals surface area contributed by atoms with E-state index in [0.717, 1.165) is 54.2 Å². The fourth-order valence-corrected chi connectivity index (χ4v) is 5.10. The molecule has 0 spiro atoms. The van der Waals surface area contributed by atoms with Crippen LogP contribution in [0.25, 0.3) is 5.65 Å². The number of amides is 1. The molecule has 2 aliphatic rings. The van der Waals surface area contributed by atoms with Crippen LogP contribution in [-0.2, 0) is 12.1 Å². The number of ether oxygens (including phenoxy) is 1. The van der Waals surface area contributed by atoms with Gasteiger partial charge in [0.25, 0.3) is 5.91 Å². The first-order chi connectivity index (χ1) is 15.7. The average Bonchev–Trinajstić information content (AvgIpc) is 3.28. The van der Waals surface area contributed by atoms with Gasteiger partial charge in [0, 0.05) is 18.7 Å². The molecule has 0 radical (unpaired) electrons. The van der Waals surface area contributed by atoms with E-state index in [4.69, 9.17) is 26.4 Å². The Morgan fingerprint density at radius 3 is 2.61 bits per heavy atom. The van der Waals surface area contributed by atoms with Crippen molar-refractivity contribution < 1.29 is 9.53 Å². The lowest BCUT2D eigenvalue weighted by molar-refractivity contribution is 0.0555. The first-order valence-electron chi connectivity index (χ1n) is 11.5. The number of rotatable bonds is 3. The van der Waals surface area contributed by atoms with Crippen LogP contribution in [0.3, 0.4) is 0 Å². The van der Waals surface area contributed by atoms with Gasteiger partial charge in [-0.1, -0.05) is 23.7 Å². The van der Waals surface area contributed by atoms with Gasteiger partial charge in [0.2, 0.25) is 0 Å². The Morgan fingerprint density at radius 2 is 1.88 bits per heavy atom. The molecule has 2 aromatic heterocycles. The summed E-state index contributed by atoms with van der Waals surface area (Å²) in [5.41, 5.74) is 4.24. The van der Waals surface area contributed by atoms with Gasteiger partial charge in [-0.05, 0) is 59.7 Å². The van der Waals surface area contributed by atoms with Gasteiger partial charge >= 0.3 is 0 Å². The fourth-order valence-electron chi connectivity index (χ4n) is 4.97. The first kappa shape index (κ1) is 22.2. The number of aromatic nitrogens is 3. The Bertz CT molecular complexity index is 1240. The molecule has 1 amide bonds. The molecule has 0 bridgehead atoms. The molecule has 0 atom stereocenters. The predicted octanol–water partition coefficient (Wildman–Crippen LogP) is 4.36. The lowest BCUT2D eigenvalue weighted by Crippen LogP contribution is -2.41. The highest BCUT2D eigenvalue weighted by Crippen LogP contribution is 2.42. The SMILES string of the molecule is Cc1nc2c3c(nn2c(C)c1Cl)C(C)(C)N(C(=O)c1ccccc1OC1CCN(C)CC1)C3. The zero-order valence-corrected chi connectivity index (χ0v) is 20.6. The van der Waals surface area contributed by atoms with E-state index in [0.29, 0.717) is 22.9 Å². The second-order valence-electron chi connectivity index (χ2n) is 9.73. The average molecular weight is 468 g/mol. The van der Waals surface area contributed by atoms with Crippen molar-refractivity contribution in [3.05, 3.63) is 57.5 Å². The van der Waals surface area contributed by atoms with Crippen molar-refractivity contribution in [1.29, 1.82) is 0 Å². The molecule has 0 aliphatic carbocycles. The minimum absolute atomic E-state index is 0.0536. The molecule has 0 unspecified atom stereocenters. The number of halogens is 1. The van der Waals surface area contributed by atoms with E-state index < -0.39 is 5.54 Å². The van der Waals surface area contributed by atoms with Gasteiger partial charge in [-0.15, -0.1) is 0 Å². The predicted molar refractivity (Wildman–Crippen MR) is 128 cm³/mol. The molecule has 0 saturated carbocycles. The van der Waals surface area contributed by atoms with E-state index in [-0.39, 0.29) is 12.0 Å². The van der Waals surface area contributed by atoms with Gasteiger partial charge in [0.15, 0.2) is 5.65 Å². The van der Waals surface area contributed by atoms with E-state index in [1.54, 1.807) is 4.52 Å². The van der Waals surface area contributed by atoms with Crippen molar-refractivity contribution in [2.75, 3.05) is 20.1 Å². The van der Waals surface area contributed by atoms with E-state index >= 15 is 0 Å². The number of carbonyl (C=O) groups excluding carboxylic acids is 1. The molecule has 5 rings (SSSR count). The van der Waals surface area contributed by atoms with Gasteiger partial charge in [0.1, 0.15) is 11.9 Å². The molecule has 1 fully saturated rings. The standard InChI is InChI=1S/C25H30ClN5O2/c1-15-21(26)16(2)31-23(27-15)19-14-30(25(3,4)22(19)28-31)24(32)18-8-6-7-9-20(18)33-17-10-12-29(5)13-11-17/h6-9,17H,10-14H2,1-5H3. The van der Waals surface area contributed by atoms with E-state index in [1.165, 1.54) is 0 Å². The number of carbonyl (C=O) groups is 1. The molecule has 4 heterocycles. The quantitative estimate of drug-likeness (QED) is 0.572. The highest BCUT2D eigenvalue weighted by molar-refractivity contribution is 6.31. The second-order valence-corrected chi connectivity index (χ2v) is 10.1. The topological polar surface area (TPSA) is 63.0 Å². The van der Waals surface area contributed by atoms with Crippen LogP contribution >= 0.6 is 11.6 Å². The summed E-state index contributed by atoms with van der Waals surface area (Å²) in [6, 6.07) is 7.58. The Hall–Kier alpha value is -2.64. The van der Waals surface area contributed by atoms with Crippen molar-refractivity contribution in [1.82, 2.24) is 24.4 Å². The van der Waals surface area contributed by atoms with Gasteiger partial charge < -0.3 is 14.5 Å². The summed E-state index contributed by atoms with van der Waals surface area (Å²) in [6.45, 7) is 10.4. The minimum Gasteiger partial charge on any atom is -0.489 e. The molecular formula is C25H30ClN5O2. The molecule has 0 N–H and O–H groups in total. The number of likely N-dealkylation sites (tertiary alicyclic amines) is 1. The summed E-state index contributed by atoms with van der Waals surface area (Å²) in [6.07, 6.45) is 2.05. The van der Waals surface area contributed by atoms with E-state index in [2.05, 4.69) is 11.9 Å². The molecule has 2 aliphatic heterocycles. The van der Waals surface area contributed by atoms with Crippen LogP contribution in [0.4, 0.5) is 0 Å².